The highest BCUT2D eigenvalue weighted by molar-refractivity contribution is 5.70. The van der Waals surface area contributed by atoms with Gasteiger partial charge in [0, 0.05) is 12.1 Å². The first-order chi connectivity index (χ1) is 16.7. The molecule has 182 valence electrons. The van der Waals surface area contributed by atoms with E-state index in [9.17, 15) is 5.11 Å². The summed E-state index contributed by atoms with van der Waals surface area (Å²) >= 11 is 0. The third-order valence-electron chi connectivity index (χ3n) is 5.26. The zero-order valence-electron chi connectivity index (χ0n) is 20.4. The molecule has 0 spiro atoms. The number of hydrogen-bond donors (Lipinski definition) is 1. The standard InChI is InChI=1S/C27H35N3O4/c1-4-7-14-32-20-10-12-22(24(31)17-20)26-28-19-29-27(30-26)23-13-11-21(33-15-8-5-2)18-25(23)34-16-9-6-3/h10-13,17-19,31H,4-9,14-16H2,1-3H3. The lowest BCUT2D eigenvalue weighted by molar-refractivity contribution is 0.295. The lowest BCUT2D eigenvalue weighted by Gasteiger charge is -2.14. The summed E-state index contributed by atoms with van der Waals surface area (Å²) in [6.07, 6.45) is 7.52. The molecule has 7 nitrogen and oxygen atoms in total. The summed E-state index contributed by atoms with van der Waals surface area (Å²) in [5.74, 6) is 2.96. The first-order valence-electron chi connectivity index (χ1n) is 12.2. The largest absolute Gasteiger partial charge is 0.507 e. The Labute approximate surface area is 202 Å². The minimum Gasteiger partial charge on any atom is -0.507 e. The average molecular weight is 466 g/mol. The molecular weight excluding hydrogens is 430 g/mol. The molecule has 0 saturated carbocycles. The lowest BCUT2D eigenvalue weighted by Crippen LogP contribution is -2.03. The smallest absolute Gasteiger partial charge is 0.167 e. The Kier molecular flexibility index (Phi) is 9.95. The van der Waals surface area contributed by atoms with Gasteiger partial charge in [0.1, 0.15) is 29.3 Å². The molecule has 0 unspecified atom stereocenters. The summed E-state index contributed by atoms with van der Waals surface area (Å²) in [6, 6.07) is 10.9. The van der Waals surface area contributed by atoms with Crippen molar-refractivity contribution in [1.82, 2.24) is 15.0 Å². The van der Waals surface area contributed by atoms with Gasteiger partial charge in [-0.3, -0.25) is 0 Å². The highest BCUT2D eigenvalue weighted by Gasteiger charge is 2.15. The molecular formula is C27H35N3O4. The number of phenols is 1. The second-order valence-electron chi connectivity index (χ2n) is 8.08. The van der Waals surface area contributed by atoms with E-state index in [-0.39, 0.29) is 5.75 Å². The normalized spacial score (nSPS) is 10.8. The molecule has 0 atom stereocenters. The molecule has 0 radical (unpaired) electrons. The van der Waals surface area contributed by atoms with Crippen molar-refractivity contribution in [2.45, 2.75) is 59.3 Å². The molecule has 7 heteroatoms. The number of nitrogens with zero attached hydrogens (tertiary/aromatic N) is 3. The van der Waals surface area contributed by atoms with Crippen molar-refractivity contribution < 1.29 is 19.3 Å². The third-order valence-corrected chi connectivity index (χ3v) is 5.26. The van der Waals surface area contributed by atoms with Gasteiger partial charge in [-0.1, -0.05) is 40.0 Å². The molecule has 0 saturated heterocycles. The van der Waals surface area contributed by atoms with Gasteiger partial charge in [0.05, 0.1) is 30.9 Å². The van der Waals surface area contributed by atoms with Crippen LogP contribution in [0, 0.1) is 0 Å². The van der Waals surface area contributed by atoms with Gasteiger partial charge in [-0.05, 0) is 43.5 Å². The van der Waals surface area contributed by atoms with E-state index in [0.29, 0.717) is 48.5 Å². The summed E-state index contributed by atoms with van der Waals surface area (Å²) in [5.41, 5.74) is 1.26. The predicted octanol–water partition coefficient (Wildman–Crippen LogP) is 6.45. The van der Waals surface area contributed by atoms with Crippen LogP contribution in [0.4, 0.5) is 0 Å². The van der Waals surface area contributed by atoms with Crippen molar-refractivity contribution in [3.8, 4) is 45.8 Å². The average Bonchev–Trinajstić information content (AvgIpc) is 2.85. The predicted molar refractivity (Wildman–Crippen MR) is 134 cm³/mol. The van der Waals surface area contributed by atoms with Crippen LogP contribution in [-0.2, 0) is 0 Å². The SMILES string of the molecule is CCCCOc1ccc(-c2ncnc(-c3ccc(OCCCC)cc3OCCCC)n2)c(O)c1. The van der Waals surface area contributed by atoms with Crippen LogP contribution >= 0.6 is 0 Å². The number of benzene rings is 2. The molecule has 1 aromatic heterocycles. The summed E-state index contributed by atoms with van der Waals surface area (Å²) in [6.45, 7) is 8.24. The molecule has 1 N–H and O–H groups in total. The van der Waals surface area contributed by atoms with E-state index < -0.39 is 0 Å². The Balaban J connectivity index is 1.87. The minimum absolute atomic E-state index is 0.0604. The molecule has 0 amide bonds. The van der Waals surface area contributed by atoms with Crippen molar-refractivity contribution in [3.05, 3.63) is 42.7 Å². The highest BCUT2D eigenvalue weighted by atomic mass is 16.5. The Bertz CT molecular complexity index is 1040. The Morgan fingerprint density at radius 1 is 0.676 bits per heavy atom. The molecule has 34 heavy (non-hydrogen) atoms. The highest BCUT2D eigenvalue weighted by Crippen LogP contribution is 2.34. The maximum Gasteiger partial charge on any atom is 0.167 e. The van der Waals surface area contributed by atoms with Crippen molar-refractivity contribution >= 4 is 0 Å². The lowest BCUT2D eigenvalue weighted by atomic mass is 10.1. The van der Waals surface area contributed by atoms with E-state index in [4.69, 9.17) is 14.2 Å². The fraction of sp³-hybridized carbons (Fsp3) is 0.444. The van der Waals surface area contributed by atoms with Crippen molar-refractivity contribution in [1.29, 1.82) is 0 Å². The quantitative estimate of drug-likeness (QED) is 0.274. The number of aromatic hydroxyl groups is 1. The van der Waals surface area contributed by atoms with E-state index in [1.54, 1.807) is 12.1 Å². The Morgan fingerprint density at radius 3 is 1.79 bits per heavy atom. The van der Waals surface area contributed by atoms with Gasteiger partial charge in [-0.15, -0.1) is 0 Å². The molecule has 0 aliphatic rings. The number of aromatic nitrogens is 3. The molecule has 0 aliphatic heterocycles. The van der Waals surface area contributed by atoms with Crippen LogP contribution in [-0.4, -0.2) is 39.9 Å². The Hall–Kier alpha value is -3.35. The fourth-order valence-corrected chi connectivity index (χ4v) is 3.24. The van der Waals surface area contributed by atoms with Gasteiger partial charge in [-0.2, -0.15) is 0 Å². The number of hydrogen-bond acceptors (Lipinski definition) is 7. The van der Waals surface area contributed by atoms with Gasteiger partial charge in [0.15, 0.2) is 11.6 Å². The van der Waals surface area contributed by atoms with E-state index in [1.165, 1.54) is 6.33 Å². The molecule has 0 fully saturated rings. The van der Waals surface area contributed by atoms with Crippen LogP contribution in [0.5, 0.6) is 23.0 Å². The van der Waals surface area contributed by atoms with Crippen molar-refractivity contribution in [3.63, 3.8) is 0 Å². The van der Waals surface area contributed by atoms with Crippen LogP contribution < -0.4 is 14.2 Å². The van der Waals surface area contributed by atoms with Gasteiger partial charge in [0.2, 0.25) is 0 Å². The molecule has 0 bridgehead atoms. The topological polar surface area (TPSA) is 86.6 Å². The monoisotopic (exact) mass is 465 g/mol. The second-order valence-corrected chi connectivity index (χ2v) is 8.08. The molecule has 3 aromatic rings. The molecule has 1 heterocycles. The zero-order valence-corrected chi connectivity index (χ0v) is 20.4. The summed E-state index contributed by atoms with van der Waals surface area (Å²) < 4.78 is 17.6. The van der Waals surface area contributed by atoms with Crippen molar-refractivity contribution in [2.75, 3.05) is 19.8 Å². The summed E-state index contributed by atoms with van der Waals surface area (Å²) in [5, 5.41) is 10.6. The van der Waals surface area contributed by atoms with Gasteiger partial charge in [-0.25, -0.2) is 15.0 Å². The second kappa shape index (κ2) is 13.4. The van der Waals surface area contributed by atoms with Crippen LogP contribution in [0.25, 0.3) is 22.8 Å². The first-order valence-corrected chi connectivity index (χ1v) is 12.2. The van der Waals surface area contributed by atoms with Gasteiger partial charge in [0.25, 0.3) is 0 Å². The molecule has 3 rings (SSSR count). The molecule has 0 aliphatic carbocycles. The number of phenolic OH excluding ortho intramolecular Hbond substituents is 1. The first kappa shape index (κ1) is 25.3. The maximum absolute atomic E-state index is 10.6. The maximum atomic E-state index is 10.6. The van der Waals surface area contributed by atoms with Crippen LogP contribution in [0.15, 0.2) is 42.7 Å². The van der Waals surface area contributed by atoms with Crippen LogP contribution in [0.2, 0.25) is 0 Å². The molecule has 2 aromatic carbocycles. The number of rotatable bonds is 14. The van der Waals surface area contributed by atoms with E-state index in [0.717, 1.165) is 49.8 Å². The Morgan fingerprint density at radius 2 is 1.21 bits per heavy atom. The fourth-order valence-electron chi connectivity index (χ4n) is 3.24. The van der Waals surface area contributed by atoms with Gasteiger partial charge >= 0.3 is 0 Å². The third kappa shape index (κ3) is 7.07. The summed E-state index contributed by atoms with van der Waals surface area (Å²) in [7, 11) is 0. The van der Waals surface area contributed by atoms with E-state index >= 15 is 0 Å². The van der Waals surface area contributed by atoms with Crippen LogP contribution in [0.1, 0.15) is 59.3 Å². The van der Waals surface area contributed by atoms with Crippen LogP contribution in [0.3, 0.4) is 0 Å². The van der Waals surface area contributed by atoms with Crippen molar-refractivity contribution in [2.24, 2.45) is 0 Å². The van der Waals surface area contributed by atoms with E-state index in [2.05, 4.69) is 35.7 Å². The number of ether oxygens (including phenoxy) is 3. The number of unbranched alkanes of at least 4 members (excludes halogenated alkanes) is 3. The zero-order chi connectivity index (χ0) is 24.2. The minimum atomic E-state index is 0.0604. The van der Waals surface area contributed by atoms with E-state index in [1.807, 2.05) is 24.3 Å². The summed E-state index contributed by atoms with van der Waals surface area (Å²) in [4.78, 5) is 13.3. The van der Waals surface area contributed by atoms with Gasteiger partial charge < -0.3 is 19.3 Å².